The number of ether oxygens (including phenoxy) is 1. The number of carbonyl (C=O) groups excluding carboxylic acids is 1. The molecule has 1 aromatic heterocycles. The third-order valence-corrected chi connectivity index (χ3v) is 4.57. The number of amides is 1. The third-order valence-electron chi connectivity index (χ3n) is 4.57. The number of hydrogen-bond acceptors (Lipinski definition) is 4. The zero-order chi connectivity index (χ0) is 16.8. The molecule has 1 amide bonds. The Morgan fingerprint density at radius 3 is 2.78 bits per heavy atom. The highest BCUT2D eigenvalue weighted by Crippen LogP contribution is 2.34. The highest BCUT2D eigenvalue weighted by Gasteiger charge is 2.35. The van der Waals surface area contributed by atoms with E-state index in [4.69, 9.17) is 9.84 Å². The van der Waals surface area contributed by atoms with Gasteiger partial charge in [-0.25, -0.2) is 4.79 Å². The van der Waals surface area contributed by atoms with Crippen LogP contribution in [0.5, 0.6) is 0 Å². The number of rotatable bonds is 0. The minimum absolute atomic E-state index is 0.0497. The zero-order valence-electron chi connectivity index (χ0n) is 14.5. The predicted molar refractivity (Wildman–Crippen MR) is 86.0 cm³/mol. The molecule has 3 heterocycles. The predicted octanol–water partition coefficient (Wildman–Crippen LogP) is 2.78. The van der Waals surface area contributed by atoms with Gasteiger partial charge in [-0.15, -0.1) is 0 Å². The first-order chi connectivity index (χ1) is 10.8. The molecule has 2 atom stereocenters. The van der Waals surface area contributed by atoms with Gasteiger partial charge in [0.05, 0.1) is 24.0 Å². The normalized spacial score (nSPS) is 24.7. The number of aryl methyl sites for hydroxylation is 1. The molecule has 0 aromatic carbocycles. The van der Waals surface area contributed by atoms with Crippen LogP contribution < -0.4 is 0 Å². The number of fused-ring (bicyclic) bond motifs is 3. The van der Waals surface area contributed by atoms with E-state index in [1.165, 1.54) is 0 Å². The number of aliphatic hydroxyl groups excluding tert-OH is 1. The Labute approximate surface area is 137 Å². The molecule has 0 radical (unpaired) electrons. The van der Waals surface area contributed by atoms with Gasteiger partial charge in [0.15, 0.2) is 0 Å². The Hall–Kier alpha value is -1.56. The molecule has 23 heavy (non-hydrogen) atoms. The Kier molecular flexibility index (Phi) is 4.12. The summed E-state index contributed by atoms with van der Waals surface area (Å²) in [6.45, 7) is 8.97. The van der Waals surface area contributed by atoms with Crippen molar-refractivity contribution in [2.75, 3.05) is 0 Å². The van der Waals surface area contributed by atoms with Gasteiger partial charge in [0.2, 0.25) is 0 Å². The van der Waals surface area contributed by atoms with Gasteiger partial charge in [-0.2, -0.15) is 5.10 Å². The topological polar surface area (TPSA) is 67.6 Å². The van der Waals surface area contributed by atoms with E-state index in [1.807, 2.05) is 32.4 Å². The maximum Gasteiger partial charge on any atom is 0.410 e. The fraction of sp³-hybridized carbons (Fsp3) is 0.765. The summed E-state index contributed by atoms with van der Waals surface area (Å²) in [6, 6.07) is 0.0497. The van der Waals surface area contributed by atoms with E-state index in [2.05, 4.69) is 0 Å². The Morgan fingerprint density at radius 1 is 1.35 bits per heavy atom. The SMILES string of the molecule is CC1Cc2nn3c(c2CN1C(=O)OC(C)(C)C)C(O)CCCC3. The lowest BCUT2D eigenvalue weighted by Crippen LogP contribution is -2.45. The monoisotopic (exact) mass is 321 g/mol. The Balaban J connectivity index is 1.89. The second-order valence-electron chi connectivity index (χ2n) is 7.71. The molecule has 0 bridgehead atoms. The van der Waals surface area contributed by atoms with Crippen LogP contribution in [0.25, 0.3) is 0 Å². The van der Waals surface area contributed by atoms with Crippen LogP contribution in [0.1, 0.15) is 70.0 Å². The van der Waals surface area contributed by atoms with Crippen molar-refractivity contribution in [3.8, 4) is 0 Å². The molecule has 0 saturated heterocycles. The van der Waals surface area contributed by atoms with Crippen LogP contribution in [0.3, 0.4) is 0 Å². The average molecular weight is 321 g/mol. The fourth-order valence-corrected chi connectivity index (χ4v) is 3.46. The molecule has 0 fully saturated rings. The number of hydrogen-bond donors (Lipinski definition) is 1. The summed E-state index contributed by atoms with van der Waals surface area (Å²) in [5.74, 6) is 0. The number of aliphatic hydroxyl groups is 1. The molecule has 0 aliphatic carbocycles. The summed E-state index contributed by atoms with van der Waals surface area (Å²) in [5.41, 5.74) is 2.43. The number of carbonyl (C=O) groups is 1. The highest BCUT2D eigenvalue weighted by atomic mass is 16.6. The zero-order valence-corrected chi connectivity index (χ0v) is 14.5. The van der Waals surface area contributed by atoms with Gasteiger partial charge in [-0.1, -0.05) is 0 Å². The van der Waals surface area contributed by atoms with Gasteiger partial charge in [0, 0.05) is 24.6 Å². The minimum Gasteiger partial charge on any atom is -0.444 e. The van der Waals surface area contributed by atoms with Crippen molar-refractivity contribution in [1.29, 1.82) is 0 Å². The van der Waals surface area contributed by atoms with Gasteiger partial charge in [-0.05, 0) is 47.0 Å². The number of nitrogens with zero attached hydrogens (tertiary/aromatic N) is 3. The molecule has 6 nitrogen and oxygen atoms in total. The summed E-state index contributed by atoms with van der Waals surface area (Å²) < 4.78 is 7.48. The molecule has 6 heteroatoms. The average Bonchev–Trinajstić information content (AvgIpc) is 2.67. The van der Waals surface area contributed by atoms with Gasteiger partial charge < -0.3 is 14.7 Å². The smallest absolute Gasteiger partial charge is 0.410 e. The van der Waals surface area contributed by atoms with E-state index >= 15 is 0 Å². The minimum atomic E-state index is -0.507. The van der Waals surface area contributed by atoms with Crippen LogP contribution in [0.2, 0.25) is 0 Å². The van der Waals surface area contributed by atoms with Crippen molar-refractivity contribution in [2.45, 2.75) is 84.2 Å². The second kappa shape index (κ2) is 5.82. The molecule has 0 saturated carbocycles. The van der Waals surface area contributed by atoms with Gasteiger partial charge >= 0.3 is 6.09 Å². The van der Waals surface area contributed by atoms with E-state index in [9.17, 15) is 9.90 Å². The molecule has 3 rings (SSSR count). The lowest BCUT2D eigenvalue weighted by molar-refractivity contribution is 0.0134. The highest BCUT2D eigenvalue weighted by molar-refractivity contribution is 5.69. The largest absolute Gasteiger partial charge is 0.444 e. The lowest BCUT2D eigenvalue weighted by atomic mass is 9.97. The van der Waals surface area contributed by atoms with E-state index in [1.54, 1.807) is 4.90 Å². The first kappa shape index (κ1) is 16.3. The van der Waals surface area contributed by atoms with Crippen molar-refractivity contribution in [3.63, 3.8) is 0 Å². The third kappa shape index (κ3) is 3.22. The molecule has 1 N–H and O–H groups in total. The fourth-order valence-electron chi connectivity index (χ4n) is 3.46. The molecule has 128 valence electrons. The van der Waals surface area contributed by atoms with Crippen LogP contribution in [0.4, 0.5) is 4.79 Å². The quantitative estimate of drug-likeness (QED) is 0.798. The standard InChI is InChI=1S/C17H27N3O3/c1-11-9-13-12(10-19(11)16(22)23-17(2,3)4)15-14(21)7-5-6-8-20(15)18-13/h11,14,21H,5-10H2,1-4H3. The summed E-state index contributed by atoms with van der Waals surface area (Å²) in [7, 11) is 0. The first-order valence-corrected chi connectivity index (χ1v) is 8.52. The van der Waals surface area contributed by atoms with Crippen LogP contribution in [0.15, 0.2) is 0 Å². The molecule has 2 aliphatic heterocycles. The van der Waals surface area contributed by atoms with Crippen molar-refractivity contribution in [3.05, 3.63) is 17.0 Å². The molecular formula is C17H27N3O3. The van der Waals surface area contributed by atoms with Crippen molar-refractivity contribution >= 4 is 6.09 Å². The van der Waals surface area contributed by atoms with Crippen LogP contribution in [0, 0.1) is 0 Å². The Bertz CT molecular complexity index is 603. The van der Waals surface area contributed by atoms with Gasteiger partial charge in [0.25, 0.3) is 0 Å². The molecule has 0 spiro atoms. The maximum absolute atomic E-state index is 12.5. The summed E-state index contributed by atoms with van der Waals surface area (Å²) in [5, 5.41) is 15.2. The van der Waals surface area contributed by atoms with Crippen LogP contribution >= 0.6 is 0 Å². The van der Waals surface area contributed by atoms with Crippen molar-refractivity contribution in [2.24, 2.45) is 0 Å². The molecule has 2 unspecified atom stereocenters. The first-order valence-electron chi connectivity index (χ1n) is 8.52. The van der Waals surface area contributed by atoms with E-state index in [0.29, 0.717) is 13.0 Å². The van der Waals surface area contributed by atoms with Crippen molar-refractivity contribution in [1.82, 2.24) is 14.7 Å². The molecular weight excluding hydrogens is 294 g/mol. The maximum atomic E-state index is 12.5. The Morgan fingerprint density at radius 2 is 2.09 bits per heavy atom. The van der Waals surface area contributed by atoms with Crippen LogP contribution in [-0.4, -0.2) is 37.5 Å². The summed E-state index contributed by atoms with van der Waals surface area (Å²) in [4.78, 5) is 14.2. The molecule has 1 aromatic rings. The second-order valence-corrected chi connectivity index (χ2v) is 7.71. The van der Waals surface area contributed by atoms with E-state index in [0.717, 1.165) is 42.8 Å². The van der Waals surface area contributed by atoms with E-state index < -0.39 is 11.7 Å². The molecule has 2 aliphatic rings. The van der Waals surface area contributed by atoms with Crippen molar-refractivity contribution < 1.29 is 14.6 Å². The van der Waals surface area contributed by atoms with Gasteiger partial charge in [0.1, 0.15) is 5.60 Å². The van der Waals surface area contributed by atoms with Crippen LogP contribution in [-0.2, 0) is 24.2 Å². The summed E-state index contributed by atoms with van der Waals surface area (Å²) in [6.07, 6.45) is 2.74. The number of aromatic nitrogens is 2. The van der Waals surface area contributed by atoms with Gasteiger partial charge in [-0.3, -0.25) is 4.68 Å². The lowest BCUT2D eigenvalue weighted by Gasteiger charge is -2.34. The summed E-state index contributed by atoms with van der Waals surface area (Å²) >= 11 is 0. The van der Waals surface area contributed by atoms with E-state index in [-0.39, 0.29) is 12.1 Å².